The lowest BCUT2D eigenvalue weighted by Gasteiger charge is -2.27. The van der Waals surface area contributed by atoms with Gasteiger partial charge < -0.3 is 15.7 Å². The lowest BCUT2D eigenvalue weighted by Crippen LogP contribution is -2.34. The first-order valence-electron chi connectivity index (χ1n) is 7.71. The standard InChI is InChI=1S/C15H13F3N6O2/c16-15(17,18)11-3-4-19-13-9(6-20-24(11)13)14(26)21-12-8-2-1-7(25)5-10(8)22-23-12/h1-2,5-6,11,19,25H,3-4H2,(H2,21,22,23,26). The van der Waals surface area contributed by atoms with Crippen LogP contribution < -0.4 is 10.6 Å². The van der Waals surface area contributed by atoms with Crippen LogP contribution in [0.4, 0.5) is 24.8 Å². The van der Waals surface area contributed by atoms with Crippen LogP contribution in [0, 0.1) is 0 Å². The fraction of sp³-hybridized carbons (Fsp3) is 0.267. The molecule has 4 N–H and O–H groups in total. The van der Waals surface area contributed by atoms with Gasteiger partial charge in [0.05, 0.1) is 11.7 Å². The van der Waals surface area contributed by atoms with Crippen molar-refractivity contribution in [1.29, 1.82) is 0 Å². The fourth-order valence-electron chi connectivity index (χ4n) is 2.97. The number of carbonyl (C=O) groups is 1. The van der Waals surface area contributed by atoms with E-state index in [1.54, 1.807) is 6.07 Å². The van der Waals surface area contributed by atoms with E-state index in [0.717, 1.165) is 10.9 Å². The van der Waals surface area contributed by atoms with Gasteiger partial charge in [0, 0.05) is 18.0 Å². The molecule has 1 amide bonds. The van der Waals surface area contributed by atoms with Crippen molar-refractivity contribution >= 4 is 28.4 Å². The van der Waals surface area contributed by atoms with Gasteiger partial charge in [-0.25, -0.2) is 4.68 Å². The Hall–Kier alpha value is -3.24. The van der Waals surface area contributed by atoms with E-state index in [9.17, 15) is 23.1 Å². The first-order chi connectivity index (χ1) is 12.3. The van der Waals surface area contributed by atoms with Gasteiger partial charge in [-0.1, -0.05) is 0 Å². The van der Waals surface area contributed by atoms with Crippen LogP contribution in [0.25, 0.3) is 10.9 Å². The number of hydrogen-bond donors (Lipinski definition) is 4. The number of carbonyl (C=O) groups excluding carboxylic acids is 1. The summed E-state index contributed by atoms with van der Waals surface area (Å²) in [6.07, 6.45) is -3.51. The molecule has 0 spiro atoms. The zero-order valence-corrected chi connectivity index (χ0v) is 13.1. The molecule has 0 aliphatic carbocycles. The predicted molar refractivity (Wildman–Crippen MR) is 86.1 cm³/mol. The molecule has 0 fully saturated rings. The largest absolute Gasteiger partial charge is 0.508 e. The number of benzene rings is 1. The van der Waals surface area contributed by atoms with Crippen LogP contribution in [-0.2, 0) is 0 Å². The summed E-state index contributed by atoms with van der Waals surface area (Å²) in [5.41, 5.74) is 0.501. The van der Waals surface area contributed by atoms with Gasteiger partial charge in [-0.2, -0.15) is 23.4 Å². The summed E-state index contributed by atoms with van der Waals surface area (Å²) in [5.74, 6) is -0.378. The summed E-state index contributed by atoms with van der Waals surface area (Å²) in [5, 5.41) is 25.7. The molecular weight excluding hydrogens is 353 g/mol. The van der Waals surface area contributed by atoms with E-state index in [1.807, 2.05) is 0 Å². The normalized spacial score (nSPS) is 17.0. The van der Waals surface area contributed by atoms with Crippen LogP contribution in [0.5, 0.6) is 5.75 Å². The third-order valence-corrected chi connectivity index (χ3v) is 4.20. The fourth-order valence-corrected chi connectivity index (χ4v) is 2.97. The van der Waals surface area contributed by atoms with Crippen LogP contribution in [-0.4, -0.2) is 43.7 Å². The number of phenols is 1. The Labute approximate surface area is 144 Å². The maximum Gasteiger partial charge on any atom is 0.410 e. The summed E-state index contributed by atoms with van der Waals surface area (Å²) in [4.78, 5) is 12.5. The second-order valence-corrected chi connectivity index (χ2v) is 5.88. The second kappa shape index (κ2) is 5.64. The Morgan fingerprint density at radius 3 is 2.96 bits per heavy atom. The van der Waals surface area contributed by atoms with Crippen molar-refractivity contribution in [3.8, 4) is 5.75 Å². The van der Waals surface area contributed by atoms with Gasteiger partial charge in [-0.05, 0) is 18.6 Å². The Morgan fingerprint density at radius 2 is 2.19 bits per heavy atom. The molecule has 26 heavy (non-hydrogen) atoms. The highest BCUT2D eigenvalue weighted by Gasteiger charge is 2.44. The molecule has 1 unspecified atom stereocenters. The van der Waals surface area contributed by atoms with Crippen molar-refractivity contribution in [2.45, 2.75) is 18.6 Å². The number of hydrogen-bond acceptors (Lipinski definition) is 5. The van der Waals surface area contributed by atoms with E-state index in [1.165, 1.54) is 12.1 Å². The smallest absolute Gasteiger partial charge is 0.410 e. The summed E-state index contributed by atoms with van der Waals surface area (Å²) >= 11 is 0. The molecule has 136 valence electrons. The van der Waals surface area contributed by atoms with E-state index in [-0.39, 0.29) is 35.9 Å². The lowest BCUT2D eigenvalue weighted by molar-refractivity contribution is -0.171. The highest BCUT2D eigenvalue weighted by atomic mass is 19.4. The molecule has 0 saturated heterocycles. The third-order valence-electron chi connectivity index (χ3n) is 4.20. The Bertz CT molecular complexity index is 993. The van der Waals surface area contributed by atoms with Crippen molar-refractivity contribution in [3.63, 3.8) is 0 Å². The van der Waals surface area contributed by atoms with Gasteiger partial charge in [0.1, 0.15) is 17.1 Å². The zero-order chi connectivity index (χ0) is 18.5. The number of fused-ring (bicyclic) bond motifs is 2. The number of aromatic amines is 1. The van der Waals surface area contributed by atoms with Gasteiger partial charge in [0.25, 0.3) is 5.91 Å². The number of H-pyrrole nitrogens is 1. The zero-order valence-electron chi connectivity index (χ0n) is 13.1. The number of anilines is 2. The maximum atomic E-state index is 13.1. The summed E-state index contributed by atoms with van der Waals surface area (Å²) in [6, 6.07) is 2.67. The number of alkyl halides is 3. The highest BCUT2D eigenvalue weighted by Crippen LogP contribution is 2.38. The molecule has 1 aliphatic rings. The highest BCUT2D eigenvalue weighted by molar-refractivity contribution is 6.10. The quantitative estimate of drug-likeness (QED) is 0.558. The number of rotatable bonds is 2. The number of phenolic OH excluding ortho intramolecular Hbond substituents is 1. The topological polar surface area (TPSA) is 108 Å². The first kappa shape index (κ1) is 16.2. The van der Waals surface area contributed by atoms with Crippen molar-refractivity contribution in [2.75, 3.05) is 17.2 Å². The van der Waals surface area contributed by atoms with Crippen LogP contribution in [0.3, 0.4) is 0 Å². The molecule has 2 aromatic heterocycles. The Balaban J connectivity index is 1.64. The predicted octanol–water partition coefficient (Wildman–Crippen LogP) is 2.64. The first-order valence-corrected chi connectivity index (χ1v) is 7.71. The minimum atomic E-state index is -4.45. The Morgan fingerprint density at radius 1 is 1.38 bits per heavy atom. The molecule has 3 heterocycles. The number of aromatic hydroxyl groups is 1. The Kier molecular flexibility index (Phi) is 3.53. The van der Waals surface area contributed by atoms with Gasteiger partial charge in [-0.3, -0.25) is 9.89 Å². The average Bonchev–Trinajstić information content (AvgIpc) is 3.17. The summed E-state index contributed by atoms with van der Waals surface area (Å²) in [6.45, 7) is 0.0841. The monoisotopic (exact) mass is 366 g/mol. The molecule has 1 atom stereocenters. The number of halogens is 3. The van der Waals surface area contributed by atoms with E-state index in [0.29, 0.717) is 10.9 Å². The maximum absolute atomic E-state index is 13.1. The molecule has 1 aliphatic heterocycles. The number of nitrogens with zero attached hydrogens (tertiary/aromatic N) is 3. The van der Waals surface area contributed by atoms with Crippen molar-refractivity contribution in [1.82, 2.24) is 20.0 Å². The molecule has 11 heteroatoms. The molecule has 4 rings (SSSR count). The second-order valence-electron chi connectivity index (χ2n) is 5.88. The molecule has 0 saturated carbocycles. The van der Waals surface area contributed by atoms with Crippen LogP contribution >= 0.6 is 0 Å². The minimum Gasteiger partial charge on any atom is -0.508 e. The van der Waals surface area contributed by atoms with E-state index < -0.39 is 18.1 Å². The van der Waals surface area contributed by atoms with Crippen LogP contribution in [0.15, 0.2) is 24.4 Å². The number of nitrogens with one attached hydrogen (secondary N) is 3. The van der Waals surface area contributed by atoms with Crippen molar-refractivity contribution in [2.24, 2.45) is 0 Å². The van der Waals surface area contributed by atoms with Crippen LogP contribution in [0.1, 0.15) is 22.8 Å². The van der Waals surface area contributed by atoms with E-state index in [4.69, 9.17) is 0 Å². The van der Waals surface area contributed by atoms with Gasteiger partial charge >= 0.3 is 6.18 Å². The van der Waals surface area contributed by atoms with Gasteiger partial charge in [0.15, 0.2) is 11.9 Å². The molecular formula is C15H13F3N6O2. The average molecular weight is 366 g/mol. The van der Waals surface area contributed by atoms with Crippen LogP contribution in [0.2, 0.25) is 0 Å². The molecule has 1 aromatic carbocycles. The minimum absolute atomic E-state index is 0.00567. The lowest BCUT2D eigenvalue weighted by atomic mass is 10.1. The number of aromatic nitrogens is 4. The molecule has 0 bridgehead atoms. The van der Waals surface area contributed by atoms with E-state index >= 15 is 0 Å². The third kappa shape index (κ3) is 2.61. The molecule has 8 nitrogen and oxygen atoms in total. The SMILES string of the molecule is O=C(Nc1n[nH]c2cc(O)ccc12)c1cnn2c1NCCC2C(F)(F)F. The van der Waals surface area contributed by atoms with Gasteiger partial charge in [0.2, 0.25) is 0 Å². The van der Waals surface area contributed by atoms with Gasteiger partial charge in [-0.15, -0.1) is 0 Å². The van der Waals surface area contributed by atoms with Crippen molar-refractivity contribution in [3.05, 3.63) is 30.0 Å². The molecule has 3 aromatic rings. The van der Waals surface area contributed by atoms with E-state index in [2.05, 4.69) is 25.9 Å². The summed E-state index contributed by atoms with van der Waals surface area (Å²) < 4.78 is 40.1. The summed E-state index contributed by atoms with van der Waals surface area (Å²) in [7, 11) is 0. The number of amides is 1. The van der Waals surface area contributed by atoms with Crippen molar-refractivity contribution < 1.29 is 23.1 Å². The molecule has 0 radical (unpaired) electrons.